The smallest absolute Gasteiger partial charge is 0.223 e. The monoisotopic (exact) mass is 283 g/mol. The third kappa shape index (κ3) is 11.3. The number of carbonyl (C=O) groups excluding carboxylic acids is 1. The van der Waals surface area contributed by atoms with Crippen LogP contribution in [0.5, 0.6) is 0 Å². The molecule has 0 saturated carbocycles. The van der Waals surface area contributed by atoms with E-state index in [1.807, 2.05) is 13.8 Å². The largest absolute Gasteiger partial charge is 0.354 e. The van der Waals surface area contributed by atoms with E-state index in [2.05, 4.69) is 19.2 Å². The number of unbranched alkanes of at least 4 members (excludes halogenated alkanes) is 7. The molecule has 0 aromatic heterocycles. The van der Waals surface area contributed by atoms with Gasteiger partial charge >= 0.3 is 0 Å². The molecule has 0 aliphatic carbocycles. The fraction of sp³-hybridized carbons (Fsp3) is 0.944. The van der Waals surface area contributed by atoms with Gasteiger partial charge in [0.15, 0.2) is 0 Å². The average molecular weight is 284 g/mol. The minimum Gasteiger partial charge on any atom is -0.354 e. The van der Waals surface area contributed by atoms with E-state index in [0.717, 1.165) is 12.8 Å². The van der Waals surface area contributed by atoms with E-state index in [1.54, 1.807) is 0 Å². The molecule has 1 amide bonds. The summed E-state index contributed by atoms with van der Waals surface area (Å²) in [5, 5.41) is 3.10. The number of hydrogen-bond donors (Lipinski definition) is 1. The van der Waals surface area contributed by atoms with Crippen molar-refractivity contribution >= 4 is 5.91 Å². The van der Waals surface area contributed by atoms with E-state index in [-0.39, 0.29) is 17.9 Å². The highest BCUT2D eigenvalue weighted by Crippen LogP contribution is 2.19. The molecule has 0 aliphatic heterocycles. The summed E-state index contributed by atoms with van der Waals surface area (Å²) in [5.74, 6) is 0.530. The Hall–Kier alpha value is -0.530. The molecule has 2 heteroatoms. The Labute approximate surface area is 127 Å². The van der Waals surface area contributed by atoms with Crippen molar-refractivity contribution < 1.29 is 4.79 Å². The van der Waals surface area contributed by atoms with Gasteiger partial charge in [-0.15, -0.1) is 0 Å². The van der Waals surface area contributed by atoms with Gasteiger partial charge in [-0.2, -0.15) is 0 Å². The number of carbonyl (C=O) groups is 1. The summed E-state index contributed by atoms with van der Waals surface area (Å²) in [6.45, 7) is 8.57. The van der Waals surface area contributed by atoms with Crippen LogP contribution in [0.4, 0.5) is 0 Å². The van der Waals surface area contributed by atoms with Gasteiger partial charge in [0.05, 0.1) is 0 Å². The van der Waals surface area contributed by atoms with Crippen molar-refractivity contribution in [3.63, 3.8) is 0 Å². The van der Waals surface area contributed by atoms with Crippen LogP contribution in [0.1, 0.15) is 98.3 Å². The van der Waals surface area contributed by atoms with Crippen molar-refractivity contribution in [2.24, 2.45) is 5.92 Å². The molecule has 0 saturated heterocycles. The topological polar surface area (TPSA) is 29.1 Å². The standard InChI is InChI=1S/C18H37NO/c1-5-7-9-11-13-15-17(14-12-10-8-6-2)18(20)19-16(3)4/h16-17H,5-15H2,1-4H3,(H,19,20). The highest BCUT2D eigenvalue weighted by atomic mass is 16.1. The van der Waals surface area contributed by atoms with Crippen LogP contribution < -0.4 is 5.32 Å². The van der Waals surface area contributed by atoms with Gasteiger partial charge in [-0.05, 0) is 26.7 Å². The second-order valence-corrected chi connectivity index (χ2v) is 6.41. The van der Waals surface area contributed by atoms with E-state index in [4.69, 9.17) is 0 Å². The molecule has 0 spiro atoms. The molecule has 20 heavy (non-hydrogen) atoms. The molecule has 0 aromatic rings. The van der Waals surface area contributed by atoms with E-state index in [1.165, 1.54) is 57.8 Å². The molecule has 0 heterocycles. The van der Waals surface area contributed by atoms with Gasteiger partial charge in [-0.25, -0.2) is 0 Å². The van der Waals surface area contributed by atoms with Gasteiger partial charge < -0.3 is 5.32 Å². The summed E-state index contributed by atoms with van der Waals surface area (Å²) in [7, 11) is 0. The van der Waals surface area contributed by atoms with Crippen LogP contribution in [0, 0.1) is 5.92 Å². The zero-order chi connectivity index (χ0) is 15.2. The number of hydrogen-bond acceptors (Lipinski definition) is 1. The second-order valence-electron chi connectivity index (χ2n) is 6.41. The first-order chi connectivity index (χ1) is 9.61. The summed E-state index contributed by atoms with van der Waals surface area (Å²) in [5.41, 5.74) is 0. The fourth-order valence-corrected chi connectivity index (χ4v) is 2.62. The van der Waals surface area contributed by atoms with Gasteiger partial charge in [0, 0.05) is 12.0 Å². The van der Waals surface area contributed by atoms with Crippen molar-refractivity contribution in [3.8, 4) is 0 Å². The maximum absolute atomic E-state index is 12.2. The first-order valence-corrected chi connectivity index (χ1v) is 8.92. The lowest BCUT2D eigenvalue weighted by Crippen LogP contribution is -2.35. The Morgan fingerprint density at radius 2 is 1.25 bits per heavy atom. The maximum atomic E-state index is 12.2. The molecular weight excluding hydrogens is 246 g/mol. The zero-order valence-electron chi connectivity index (χ0n) is 14.3. The van der Waals surface area contributed by atoms with Gasteiger partial charge in [-0.3, -0.25) is 4.79 Å². The predicted molar refractivity (Wildman–Crippen MR) is 88.9 cm³/mol. The number of amides is 1. The Balaban J connectivity index is 4.00. The van der Waals surface area contributed by atoms with E-state index < -0.39 is 0 Å². The Kier molecular flexibility index (Phi) is 13.1. The molecule has 1 atom stereocenters. The predicted octanol–water partition coefficient (Wildman–Crippen LogP) is 5.46. The van der Waals surface area contributed by atoms with Crippen molar-refractivity contribution in [1.82, 2.24) is 5.32 Å². The molecule has 1 unspecified atom stereocenters. The molecule has 0 rings (SSSR count). The summed E-state index contributed by atoms with van der Waals surface area (Å²) in [4.78, 5) is 12.2. The summed E-state index contributed by atoms with van der Waals surface area (Å²) < 4.78 is 0. The minimum atomic E-state index is 0.246. The lowest BCUT2D eigenvalue weighted by molar-refractivity contribution is -0.126. The summed E-state index contributed by atoms with van der Waals surface area (Å²) >= 11 is 0. The molecule has 2 nitrogen and oxygen atoms in total. The lowest BCUT2D eigenvalue weighted by Gasteiger charge is -2.18. The van der Waals surface area contributed by atoms with Crippen molar-refractivity contribution in [1.29, 1.82) is 0 Å². The van der Waals surface area contributed by atoms with Crippen LogP contribution in [0.15, 0.2) is 0 Å². The van der Waals surface area contributed by atoms with Crippen molar-refractivity contribution in [3.05, 3.63) is 0 Å². The van der Waals surface area contributed by atoms with Gasteiger partial charge in [-0.1, -0.05) is 71.6 Å². The Morgan fingerprint density at radius 1 is 0.800 bits per heavy atom. The number of nitrogens with one attached hydrogen (secondary N) is 1. The third-order valence-electron chi connectivity index (χ3n) is 3.86. The SMILES string of the molecule is CCCCCCCC(CCCCCC)C(=O)NC(C)C. The zero-order valence-corrected chi connectivity index (χ0v) is 14.3. The highest BCUT2D eigenvalue weighted by molar-refractivity contribution is 5.78. The number of rotatable bonds is 13. The van der Waals surface area contributed by atoms with Crippen LogP contribution in [0.3, 0.4) is 0 Å². The first kappa shape index (κ1) is 19.5. The summed E-state index contributed by atoms with van der Waals surface area (Å²) in [6, 6.07) is 0.265. The molecule has 120 valence electrons. The minimum absolute atomic E-state index is 0.246. The molecule has 0 aromatic carbocycles. The molecule has 0 radical (unpaired) electrons. The van der Waals surface area contributed by atoms with Crippen LogP contribution in [0.2, 0.25) is 0 Å². The quantitative estimate of drug-likeness (QED) is 0.447. The van der Waals surface area contributed by atoms with E-state index >= 15 is 0 Å². The van der Waals surface area contributed by atoms with Crippen LogP contribution >= 0.6 is 0 Å². The Bertz CT molecular complexity index is 225. The van der Waals surface area contributed by atoms with Gasteiger partial charge in [0.1, 0.15) is 0 Å². The fourth-order valence-electron chi connectivity index (χ4n) is 2.62. The molecule has 1 N–H and O–H groups in total. The van der Waals surface area contributed by atoms with Crippen molar-refractivity contribution in [2.45, 2.75) is 104 Å². The lowest BCUT2D eigenvalue weighted by atomic mass is 9.93. The van der Waals surface area contributed by atoms with E-state index in [0.29, 0.717) is 0 Å². The van der Waals surface area contributed by atoms with Crippen LogP contribution in [-0.4, -0.2) is 11.9 Å². The van der Waals surface area contributed by atoms with E-state index in [9.17, 15) is 4.79 Å². The average Bonchev–Trinajstić information content (AvgIpc) is 2.40. The molecular formula is C18H37NO. The maximum Gasteiger partial charge on any atom is 0.223 e. The first-order valence-electron chi connectivity index (χ1n) is 8.92. The molecule has 0 bridgehead atoms. The third-order valence-corrected chi connectivity index (χ3v) is 3.86. The van der Waals surface area contributed by atoms with Gasteiger partial charge in [0.25, 0.3) is 0 Å². The van der Waals surface area contributed by atoms with Gasteiger partial charge in [0.2, 0.25) is 5.91 Å². The molecule has 0 fully saturated rings. The molecule has 0 aliphatic rings. The van der Waals surface area contributed by atoms with Crippen LogP contribution in [-0.2, 0) is 4.79 Å². The second kappa shape index (κ2) is 13.5. The highest BCUT2D eigenvalue weighted by Gasteiger charge is 2.18. The normalized spacial score (nSPS) is 12.7. The van der Waals surface area contributed by atoms with Crippen molar-refractivity contribution in [2.75, 3.05) is 0 Å². The van der Waals surface area contributed by atoms with Crippen LogP contribution in [0.25, 0.3) is 0 Å². The Morgan fingerprint density at radius 3 is 1.70 bits per heavy atom. The summed E-state index contributed by atoms with van der Waals surface area (Å²) in [6.07, 6.45) is 13.6.